The van der Waals surface area contributed by atoms with E-state index in [0.29, 0.717) is 17.5 Å². The zero-order valence-electron chi connectivity index (χ0n) is 31.3. The molecule has 0 radical (unpaired) electrons. The van der Waals surface area contributed by atoms with Gasteiger partial charge in [-0.05, 0) is 70.1 Å². The Morgan fingerprint density at radius 3 is 1.57 bits per heavy atom. The lowest BCUT2D eigenvalue weighted by Crippen LogP contribution is -2.01. The van der Waals surface area contributed by atoms with Crippen LogP contribution in [-0.2, 0) is 0 Å². The van der Waals surface area contributed by atoms with Crippen molar-refractivity contribution in [1.82, 2.24) is 24.1 Å². The maximum absolute atomic E-state index is 5.08. The number of benzene rings is 9. The highest BCUT2D eigenvalue weighted by atomic mass is 15.0. The summed E-state index contributed by atoms with van der Waals surface area (Å²) in [7, 11) is 0. The van der Waals surface area contributed by atoms with Gasteiger partial charge < -0.3 is 9.13 Å². The zero-order valence-corrected chi connectivity index (χ0v) is 31.3. The van der Waals surface area contributed by atoms with Gasteiger partial charge in [0.2, 0.25) is 0 Å². The normalized spacial score (nSPS) is 11.8. The Hall–Kier alpha value is -7.89. The van der Waals surface area contributed by atoms with Crippen LogP contribution >= 0.6 is 0 Å². The van der Waals surface area contributed by atoms with Crippen LogP contribution in [0.4, 0.5) is 0 Å². The van der Waals surface area contributed by atoms with Crippen molar-refractivity contribution in [3.63, 3.8) is 0 Å². The molecule has 0 N–H and O–H groups in total. The van der Waals surface area contributed by atoms with Gasteiger partial charge in [-0.15, -0.1) is 0 Å². The van der Waals surface area contributed by atoms with Crippen LogP contribution in [0.3, 0.4) is 0 Å². The third kappa shape index (κ3) is 5.07. The van der Waals surface area contributed by atoms with Gasteiger partial charge in [0, 0.05) is 49.6 Å². The van der Waals surface area contributed by atoms with E-state index in [2.05, 4.69) is 149 Å². The highest BCUT2D eigenvalue weighted by molar-refractivity contribution is 6.21. The summed E-state index contributed by atoms with van der Waals surface area (Å²) in [4.78, 5) is 15.1. The fourth-order valence-electron chi connectivity index (χ4n) is 8.85. The lowest BCUT2D eigenvalue weighted by molar-refractivity contribution is 1.07. The molecular formula is C53H33N5. The number of fused-ring (bicyclic) bond motifs is 9. The predicted octanol–water partition coefficient (Wildman–Crippen LogP) is 13.4. The quantitative estimate of drug-likeness (QED) is 0.177. The van der Waals surface area contributed by atoms with E-state index in [9.17, 15) is 0 Å². The Balaban J connectivity index is 1.11. The van der Waals surface area contributed by atoms with Crippen LogP contribution in [0.25, 0.3) is 111 Å². The summed E-state index contributed by atoms with van der Waals surface area (Å²) in [6.45, 7) is 0. The van der Waals surface area contributed by atoms with Crippen LogP contribution in [-0.4, -0.2) is 24.1 Å². The minimum absolute atomic E-state index is 0.624. The Morgan fingerprint density at radius 2 is 0.828 bits per heavy atom. The zero-order chi connectivity index (χ0) is 38.2. The molecule has 0 fully saturated rings. The van der Waals surface area contributed by atoms with E-state index in [1.165, 1.54) is 54.1 Å². The fraction of sp³-hybridized carbons (Fsp3) is 0. The molecule has 0 saturated heterocycles. The molecule has 5 heteroatoms. The summed E-state index contributed by atoms with van der Waals surface area (Å²) in [5, 5.41) is 9.83. The first-order valence-electron chi connectivity index (χ1n) is 19.6. The molecule has 0 saturated carbocycles. The second kappa shape index (κ2) is 12.8. The third-order valence-electron chi connectivity index (χ3n) is 11.5. The second-order valence-corrected chi connectivity index (χ2v) is 14.9. The molecular weight excluding hydrogens is 707 g/mol. The number of hydrogen-bond acceptors (Lipinski definition) is 3. The van der Waals surface area contributed by atoms with E-state index in [1.807, 2.05) is 60.7 Å². The van der Waals surface area contributed by atoms with E-state index < -0.39 is 0 Å². The van der Waals surface area contributed by atoms with Crippen molar-refractivity contribution < 1.29 is 0 Å². The van der Waals surface area contributed by atoms with Crippen molar-refractivity contribution in [2.24, 2.45) is 0 Å². The summed E-state index contributed by atoms with van der Waals surface area (Å²) >= 11 is 0. The molecule has 0 atom stereocenters. The molecule has 9 aromatic carbocycles. The molecule has 0 unspecified atom stereocenters. The van der Waals surface area contributed by atoms with Crippen molar-refractivity contribution in [3.05, 3.63) is 200 Å². The van der Waals surface area contributed by atoms with Crippen molar-refractivity contribution in [2.75, 3.05) is 0 Å². The summed E-state index contributed by atoms with van der Waals surface area (Å²) < 4.78 is 4.83. The molecule has 0 aliphatic rings. The largest absolute Gasteiger partial charge is 0.309 e. The molecule has 0 spiro atoms. The molecule has 0 bridgehead atoms. The summed E-state index contributed by atoms with van der Waals surface area (Å²) in [6.07, 6.45) is 0. The van der Waals surface area contributed by atoms with Gasteiger partial charge >= 0.3 is 0 Å². The topological polar surface area (TPSA) is 48.5 Å². The maximum Gasteiger partial charge on any atom is 0.164 e. The first kappa shape index (κ1) is 32.4. The number of hydrogen-bond donors (Lipinski definition) is 0. The fourth-order valence-corrected chi connectivity index (χ4v) is 8.85. The molecule has 0 amide bonds. The van der Waals surface area contributed by atoms with Crippen molar-refractivity contribution in [1.29, 1.82) is 0 Å². The van der Waals surface area contributed by atoms with E-state index in [0.717, 1.165) is 39.1 Å². The average molecular weight is 740 g/mol. The average Bonchev–Trinajstić information content (AvgIpc) is 3.81. The van der Waals surface area contributed by atoms with Crippen LogP contribution in [0.5, 0.6) is 0 Å². The monoisotopic (exact) mass is 739 g/mol. The van der Waals surface area contributed by atoms with Crippen LogP contribution in [0.15, 0.2) is 200 Å². The lowest BCUT2D eigenvalue weighted by Gasteiger charge is -2.13. The highest BCUT2D eigenvalue weighted by Crippen LogP contribution is 2.40. The van der Waals surface area contributed by atoms with Gasteiger partial charge in [0.05, 0.1) is 22.1 Å². The molecule has 3 aromatic heterocycles. The second-order valence-electron chi connectivity index (χ2n) is 14.9. The molecule has 5 nitrogen and oxygen atoms in total. The van der Waals surface area contributed by atoms with Crippen LogP contribution in [0.2, 0.25) is 0 Å². The highest BCUT2D eigenvalue weighted by Gasteiger charge is 2.19. The molecule has 3 heterocycles. The first-order chi connectivity index (χ1) is 28.7. The summed E-state index contributed by atoms with van der Waals surface area (Å²) in [5.74, 6) is 1.91. The number of nitrogens with zero attached hydrogens (tertiary/aromatic N) is 5. The Bertz CT molecular complexity index is 3510. The number of para-hydroxylation sites is 1. The maximum atomic E-state index is 5.08. The molecule has 12 aromatic rings. The standard InChI is InChI=1S/C53H33N5/c1-3-15-35(16-4-1)51-54-52(36-17-5-2-6-18-36)56-53(55-51)39-21-13-22-40(30-39)58-48-32-38-20-8-7-19-37(38)31-45(48)43-28-27-41(33-49(43)58)57-46-25-12-11-24-44(46)50-42-23-10-9-14-34(42)26-29-47(50)57/h1-33H. The van der Waals surface area contributed by atoms with Crippen LogP contribution in [0.1, 0.15) is 0 Å². The molecule has 0 aliphatic heterocycles. The van der Waals surface area contributed by atoms with E-state index in [1.54, 1.807) is 0 Å². The Kier molecular flexibility index (Phi) is 7.16. The minimum atomic E-state index is 0.624. The predicted molar refractivity (Wildman–Crippen MR) is 240 cm³/mol. The van der Waals surface area contributed by atoms with Gasteiger partial charge in [0.1, 0.15) is 0 Å². The summed E-state index contributed by atoms with van der Waals surface area (Å²) in [5.41, 5.74) is 9.57. The van der Waals surface area contributed by atoms with E-state index in [4.69, 9.17) is 15.0 Å². The number of rotatable bonds is 5. The lowest BCUT2D eigenvalue weighted by atomic mass is 10.0. The van der Waals surface area contributed by atoms with E-state index in [-0.39, 0.29) is 0 Å². The van der Waals surface area contributed by atoms with Gasteiger partial charge in [0.15, 0.2) is 17.5 Å². The van der Waals surface area contributed by atoms with Crippen molar-refractivity contribution >= 4 is 65.2 Å². The van der Waals surface area contributed by atoms with Crippen LogP contribution < -0.4 is 0 Å². The van der Waals surface area contributed by atoms with Gasteiger partial charge in [-0.1, -0.05) is 152 Å². The van der Waals surface area contributed by atoms with Gasteiger partial charge in [-0.3, -0.25) is 0 Å². The number of aromatic nitrogens is 5. The molecule has 0 aliphatic carbocycles. The minimum Gasteiger partial charge on any atom is -0.309 e. The van der Waals surface area contributed by atoms with Crippen LogP contribution in [0, 0.1) is 0 Å². The molecule has 270 valence electrons. The van der Waals surface area contributed by atoms with Gasteiger partial charge in [0.25, 0.3) is 0 Å². The van der Waals surface area contributed by atoms with E-state index >= 15 is 0 Å². The third-order valence-corrected chi connectivity index (χ3v) is 11.5. The Morgan fingerprint density at radius 1 is 0.276 bits per heavy atom. The molecule has 12 rings (SSSR count). The van der Waals surface area contributed by atoms with Crippen molar-refractivity contribution in [2.45, 2.75) is 0 Å². The van der Waals surface area contributed by atoms with Gasteiger partial charge in [-0.2, -0.15) is 0 Å². The van der Waals surface area contributed by atoms with Gasteiger partial charge in [-0.25, -0.2) is 15.0 Å². The van der Waals surface area contributed by atoms with Crippen molar-refractivity contribution in [3.8, 4) is 45.5 Å². The molecule has 58 heavy (non-hydrogen) atoms. The smallest absolute Gasteiger partial charge is 0.164 e. The Labute approximate surface area is 333 Å². The summed E-state index contributed by atoms with van der Waals surface area (Å²) in [6, 6.07) is 71.1. The SMILES string of the molecule is c1ccc(-c2nc(-c3ccccc3)nc(-c3cccc(-n4c5cc(-n6c7ccccc7c7c8ccccc8ccc76)ccc5c5cc6ccccc6cc54)c3)n2)cc1. The first-order valence-corrected chi connectivity index (χ1v) is 19.6.